The third-order valence-corrected chi connectivity index (χ3v) is 2.55. The Balaban J connectivity index is 2.53. The standard InChI is InChI=1S/C9H10BrNO/c10-7-4-6-2-1-3-11-9(6)8(12)5-7/h4-5,11-12H,1-3H2. The van der Waals surface area contributed by atoms with E-state index in [2.05, 4.69) is 27.3 Å². The number of phenols is 1. The molecule has 0 saturated heterocycles. The Labute approximate surface area is 79.7 Å². The summed E-state index contributed by atoms with van der Waals surface area (Å²) in [6.07, 6.45) is 2.19. The average Bonchev–Trinajstić information content (AvgIpc) is 2.04. The first-order valence-electron chi connectivity index (χ1n) is 4.02. The van der Waals surface area contributed by atoms with E-state index in [9.17, 15) is 5.11 Å². The van der Waals surface area contributed by atoms with Gasteiger partial charge in [0.1, 0.15) is 5.75 Å². The summed E-state index contributed by atoms with van der Waals surface area (Å²) < 4.78 is 0.947. The number of aromatic hydroxyl groups is 1. The molecule has 1 aromatic carbocycles. The minimum absolute atomic E-state index is 0.346. The van der Waals surface area contributed by atoms with Gasteiger partial charge in [-0.25, -0.2) is 0 Å². The smallest absolute Gasteiger partial charge is 0.140 e. The van der Waals surface area contributed by atoms with Crippen LogP contribution in [0.2, 0.25) is 0 Å². The molecule has 2 rings (SSSR count). The summed E-state index contributed by atoms with van der Waals surface area (Å²) in [5.74, 6) is 0.346. The molecule has 0 aromatic heterocycles. The second-order valence-electron chi connectivity index (χ2n) is 2.99. The van der Waals surface area contributed by atoms with Crippen molar-refractivity contribution in [3.63, 3.8) is 0 Å². The number of benzene rings is 1. The van der Waals surface area contributed by atoms with Gasteiger partial charge in [-0.15, -0.1) is 0 Å². The first-order valence-corrected chi connectivity index (χ1v) is 4.82. The molecular formula is C9H10BrNO. The molecule has 2 nitrogen and oxygen atoms in total. The van der Waals surface area contributed by atoms with Gasteiger partial charge in [0.25, 0.3) is 0 Å². The Kier molecular flexibility index (Phi) is 1.97. The predicted molar refractivity (Wildman–Crippen MR) is 52.6 cm³/mol. The summed E-state index contributed by atoms with van der Waals surface area (Å²) >= 11 is 3.35. The predicted octanol–water partition coefficient (Wildman–Crippen LogP) is 2.51. The molecule has 1 aliphatic rings. The van der Waals surface area contributed by atoms with Crippen molar-refractivity contribution >= 4 is 21.6 Å². The molecule has 1 aromatic rings. The van der Waals surface area contributed by atoms with E-state index in [4.69, 9.17) is 0 Å². The summed E-state index contributed by atoms with van der Waals surface area (Å²) in [7, 11) is 0. The Hall–Kier alpha value is -0.700. The lowest BCUT2D eigenvalue weighted by Crippen LogP contribution is -2.11. The van der Waals surface area contributed by atoms with Gasteiger partial charge in [-0.05, 0) is 30.5 Å². The topological polar surface area (TPSA) is 32.3 Å². The average molecular weight is 228 g/mol. The second kappa shape index (κ2) is 2.98. The number of hydrogen-bond donors (Lipinski definition) is 2. The highest BCUT2D eigenvalue weighted by Crippen LogP contribution is 2.34. The van der Waals surface area contributed by atoms with Crippen LogP contribution in [0.15, 0.2) is 16.6 Å². The second-order valence-corrected chi connectivity index (χ2v) is 3.91. The molecule has 1 aliphatic heterocycles. The lowest BCUT2D eigenvalue weighted by molar-refractivity contribution is 0.475. The lowest BCUT2D eigenvalue weighted by atomic mass is 10.0. The highest BCUT2D eigenvalue weighted by atomic mass is 79.9. The number of halogens is 1. The van der Waals surface area contributed by atoms with Crippen LogP contribution >= 0.6 is 15.9 Å². The highest BCUT2D eigenvalue weighted by Gasteiger charge is 2.12. The van der Waals surface area contributed by atoms with Crippen molar-refractivity contribution in [2.75, 3.05) is 11.9 Å². The molecule has 3 heteroatoms. The largest absolute Gasteiger partial charge is 0.506 e. The van der Waals surface area contributed by atoms with E-state index in [0.29, 0.717) is 5.75 Å². The van der Waals surface area contributed by atoms with Gasteiger partial charge in [0.2, 0.25) is 0 Å². The fourth-order valence-corrected chi connectivity index (χ4v) is 2.03. The fraction of sp³-hybridized carbons (Fsp3) is 0.333. The van der Waals surface area contributed by atoms with Crippen molar-refractivity contribution in [3.05, 3.63) is 22.2 Å². The molecule has 0 radical (unpaired) electrons. The van der Waals surface area contributed by atoms with Gasteiger partial charge in [-0.2, -0.15) is 0 Å². The Bertz CT molecular complexity index is 312. The molecule has 0 bridgehead atoms. The van der Waals surface area contributed by atoms with E-state index in [1.807, 2.05) is 0 Å². The maximum Gasteiger partial charge on any atom is 0.140 e. The number of aryl methyl sites for hydroxylation is 1. The summed E-state index contributed by atoms with van der Waals surface area (Å²) in [6, 6.07) is 3.78. The van der Waals surface area contributed by atoms with Crippen LogP contribution in [0, 0.1) is 0 Å². The first-order chi connectivity index (χ1) is 5.77. The van der Waals surface area contributed by atoms with Crippen molar-refractivity contribution in [2.45, 2.75) is 12.8 Å². The van der Waals surface area contributed by atoms with Crippen LogP contribution in [0.3, 0.4) is 0 Å². The van der Waals surface area contributed by atoms with Crippen molar-refractivity contribution in [1.82, 2.24) is 0 Å². The Morgan fingerprint density at radius 3 is 3.08 bits per heavy atom. The number of rotatable bonds is 0. The summed E-state index contributed by atoms with van der Waals surface area (Å²) in [4.78, 5) is 0. The van der Waals surface area contributed by atoms with Crippen LogP contribution in [0.25, 0.3) is 0 Å². The lowest BCUT2D eigenvalue weighted by Gasteiger charge is -2.19. The number of fused-ring (bicyclic) bond motifs is 1. The molecule has 0 atom stereocenters. The van der Waals surface area contributed by atoms with E-state index in [-0.39, 0.29) is 0 Å². The minimum atomic E-state index is 0.346. The molecular weight excluding hydrogens is 218 g/mol. The molecule has 0 spiro atoms. The van der Waals surface area contributed by atoms with Gasteiger partial charge in [0, 0.05) is 11.0 Å². The molecule has 0 unspecified atom stereocenters. The molecule has 0 fully saturated rings. The minimum Gasteiger partial charge on any atom is -0.506 e. The quantitative estimate of drug-likeness (QED) is 0.668. The van der Waals surface area contributed by atoms with Crippen LogP contribution in [-0.4, -0.2) is 11.7 Å². The summed E-state index contributed by atoms with van der Waals surface area (Å²) in [5, 5.41) is 12.7. The summed E-state index contributed by atoms with van der Waals surface area (Å²) in [5.41, 5.74) is 2.11. The van der Waals surface area contributed by atoms with Gasteiger partial charge < -0.3 is 10.4 Å². The third kappa shape index (κ3) is 1.29. The molecule has 64 valence electrons. The van der Waals surface area contributed by atoms with E-state index in [1.54, 1.807) is 6.07 Å². The number of anilines is 1. The van der Waals surface area contributed by atoms with Crippen LogP contribution in [-0.2, 0) is 6.42 Å². The van der Waals surface area contributed by atoms with Gasteiger partial charge in [0.05, 0.1) is 5.69 Å². The first kappa shape index (κ1) is 7.92. The zero-order valence-corrected chi connectivity index (χ0v) is 8.19. The van der Waals surface area contributed by atoms with Crippen molar-refractivity contribution in [2.24, 2.45) is 0 Å². The van der Waals surface area contributed by atoms with Crippen LogP contribution in [0.1, 0.15) is 12.0 Å². The number of hydrogen-bond acceptors (Lipinski definition) is 2. The van der Waals surface area contributed by atoms with Crippen LogP contribution in [0.4, 0.5) is 5.69 Å². The van der Waals surface area contributed by atoms with Crippen molar-refractivity contribution < 1.29 is 5.11 Å². The monoisotopic (exact) mass is 227 g/mol. The van der Waals surface area contributed by atoms with E-state index < -0.39 is 0 Å². The van der Waals surface area contributed by atoms with Crippen molar-refractivity contribution in [1.29, 1.82) is 0 Å². The molecule has 12 heavy (non-hydrogen) atoms. The van der Waals surface area contributed by atoms with Crippen molar-refractivity contribution in [3.8, 4) is 5.75 Å². The molecule has 0 aliphatic carbocycles. The van der Waals surface area contributed by atoms with Gasteiger partial charge in [-0.1, -0.05) is 15.9 Å². The summed E-state index contributed by atoms with van der Waals surface area (Å²) in [6.45, 7) is 0.961. The normalized spacial score (nSPS) is 15.1. The van der Waals surface area contributed by atoms with E-state index >= 15 is 0 Å². The SMILES string of the molecule is Oc1cc(Br)cc2c1NCCC2. The molecule has 2 N–H and O–H groups in total. The van der Waals surface area contributed by atoms with Gasteiger partial charge >= 0.3 is 0 Å². The van der Waals surface area contributed by atoms with E-state index in [1.165, 1.54) is 5.56 Å². The maximum absolute atomic E-state index is 9.54. The zero-order valence-electron chi connectivity index (χ0n) is 6.60. The Morgan fingerprint density at radius 2 is 2.25 bits per heavy atom. The van der Waals surface area contributed by atoms with Crippen LogP contribution in [0.5, 0.6) is 5.75 Å². The zero-order chi connectivity index (χ0) is 8.55. The molecule has 0 amide bonds. The maximum atomic E-state index is 9.54. The Morgan fingerprint density at radius 1 is 1.42 bits per heavy atom. The van der Waals surface area contributed by atoms with E-state index in [0.717, 1.165) is 29.5 Å². The molecule has 1 heterocycles. The number of nitrogens with one attached hydrogen (secondary N) is 1. The third-order valence-electron chi connectivity index (χ3n) is 2.09. The number of phenolic OH excluding ortho intramolecular Hbond substituents is 1. The van der Waals surface area contributed by atoms with Gasteiger partial charge in [-0.3, -0.25) is 0 Å². The molecule has 0 saturated carbocycles. The van der Waals surface area contributed by atoms with Gasteiger partial charge in [0.15, 0.2) is 0 Å². The fourth-order valence-electron chi connectivity index (χ4n) is 1.54. The van der Waals surface area contributed by atoms with Crippen LogP contribution < -0.4 is 5.32 Å². The highest BCUT2D eigenvalue weighted by molar-refractivity contribution is 9.10.